The number of ether oxygens (including phenoxy) is 1. The van der Waals surface area contributed by atoms with E-state index in [-0.39, 0.29) is 5.97 Å². The second-order valence-corrected chi connectivity index (χ2v) is 6.42. The number of esters is 1. The van der Waals surface area contributed by atoms with E-state index in [1.54, 1.807) is 6.20 Å². The van der Waals surface area contributed by atoms with Gasteiger partial charge in [0.25, 0.3) is 0 Å². The monoisotopic (exact) mass is 339 g/mol. The fourth-order valence-electron chi connectivity index (χ4n) is 2.28. The van der Waals surface area contributed by atoms with Crippen LogP contribution < -0.4 is 5.32 Å². The van der Waals surface area contributed by atoms with E-state index in [9.17, 15) is 4.79 Å². The van der Waals surface area contributed by atoms with Gasteiger partial charge in [-0.2, -0.15) is 0 Å². The average Bonchev–Trinajstić information content (AvgIpc) is 2.96. The fraction of sp³-hybridized carbons (Fsp3) is 0.167. The van der Waals surface area contributed by atoms with Crippen molar-refractivity contribution >= 4 is 28.9 Å². The van der Waals surface area contributed by atoms with E-state index in [1.165, 1.54) is 18.4 Å². The van der Waals surface area contributed by atoms with Gasteiger partial charge in [0, 0.05) is 6.20 Å². The number of carbonyl (C=O) groups is 1. The van der Waals surface area contributed by atoms with Crippen molar-refractivity contribution in [3.63, 3.8) is 0 Å². The van der Waals surface area contributed by atoms with Crippen molar-refractivity contribution in [2.75, 3.05) is 12.4 Å². The predicted molar refractivity (Wildman–Crippen MR) is 95.9 cm³/mol. The number of carbonyl (C=O) groups excluding carboxylic acids is 1. The molecule has 0 amide bonds. The Morgan fingerprint density at radius 1 is 1.17 bits per heavy atom. The Balaban J connectivity index is 1.89. The molecule has 0 aliphatic heterocycles. The number of methoxy groups -OCH3 is 1. The van der Waals surface area contributed by atoms with Gasteiger partial charge in [0.15, 0.2) is 0 Å². The van der Waals surface area contributed by atoms with Crippen molar-refractivity contribution in [3.05, 3.63) is 58.6 Å². The summed E-state index contributed by atoms with van der Waals surface area (Å²) in [6.07, 6.45) is 1.76. The van der Waals surface area contributed by atoms with Gasteiger partial charge in [-0.3, -0.25) is 0 Å². The molecule has 0 saturated carbocycles. The molecule has 0 unspecified atom stereocenters. The lowest BCUT2D eigenvalue weighted by Gasteiger charge is -2.06. The molecular formula is C18H17N3O2S. The normalized spacial score (nSPS) is 10.5. The molecule has 24 heavy (non-hydrogen) atoms. The van der Waals surface area contributed by atoms with Crippen molar-refractivity contribution in [3.8, 4) is 10.6 Å². The molecule has 3 aromatic rings. The molecule has 3 rings (SSSR count). The summed E-state index contributed by atoms with van der Waals surface area (Å²) in [6.45, 7) is 3.91. The molecular weight excluding hydrogens is 322 g/mol. The van der Waals surface area contributed by atoms with Gasteiger partial charge in [-0.05, 0) is 55.3 Å². The Morgan fingerprint density at radius 3 is 2.75 bits per heavy atom. The van der Waals surface area contributed by atoms with E-state index < -0.39 is 0 Å². The number of anilines is 2. The van der Waals surface area contributed by atoms with Gasteiger partial charge in [-0.15, -0.1) is 11.3 Å². The number of hydrogen-bond acceptors (Lipinski definition) is 6. The summed E-state index contributed by atoms with van der Waals surface area (Å²) in [7, 11) is 1.39. The summed E-state index contributed by atoms with van der Waals surface area (Å²) >= 11 is 1.38. The maximum absolute atomic E-state index is 11.8. The molecule has 0 aliphatic rings. The molecule has 0 saturated heterocycles. The maximum atomic E-state index is 11.8. The molecule has 122 valence electrons. The Labute approximate surface area is 144 Å². The molecule has 3 aromatic heterocycles. The fourth-order valence-corrected chi connectivity index (χ4v) is 3.34. The van der Waals surface area contributed by atoms with Gasteiger partial charge in [-0.25, -0.2) is 14.8 Å². The van der Waals surface area contributed by atoms with Crippen molar-refractivity contribution in [2.45, 2.75) is 13.8 Å². The van der Waals surface area contributed by atoms with Crippen LogP contribution in [0.4, 0.5) is 11.6 Å². The summed E-state index contributed by atoms with van der Waals surface area (Å²) in [5.74, 6) is 1.13. The van der Waals surface area contributed by atoms with Crippen molar-refractivity contribution in [1.82, 2.24) is 9.97 Å². The minimum absolute atomic E-state index is 0.318. The molecule has 5 nitrogen and oxygen atoms in total. The van der Waals surface area contributed by atoms with Crippen LogP contribution in [0.5, 0.6) is 0 Å². The molecule has 0 radical (unpaired) electrons. The van der Waals surface area contributed by atoms with Gasteiger partial charge < -0.3 is 10.1 Å². The maximum Gasteiger partial charge on any atom is 0.348 e. The van der Waals surface area contributed by atoms with Crippen LogP contribution >= 0.6 is 11.3 Å². The van der Waals surface area contributed by atoms with E-state index >= 15 is 0 Å². The highest BCUT2D eigenvalue weighted by Gasteiger charge is 2.15. The minimum Gasteiger partial charge on any atom is -0.465 e. The standard InChI is InChI=1S/C18H17N3O2S/c1-11-7-8-19-16(9-11)21-15-6-4-5-13(20-15)14-10-12(2)17(24-14)18(22)23-3/h4-10H,1-3H3,(H,19,20,21). The lowest BCUT2D eigenvalue weighted by atomic mass is 10.2. The van der Waals surface area contributed by atoms with Crippen molar-refractivity contribution in [2.24, 2.45) is 0 Å². The smallest absolute Gasteiger partial charge is 0.348 e. The van der Waals surface area contributed by atoms with Gasteiger partial charge in [-0.1, -0.05) is 6.07 Å². The highest BCUT2D eigenvalue weighted by molar-refractivity contribution is 7.17. The quantitative estimate of drug-likeness (QED) is 0.716. The Kier molecular flexibility index (Phi) is 4.57. The first-order chi connectivity index (χ1) is 11.6. The lowest BCUT2D eigenvalue weighted by Crippen LogP contribution is -1.99. The van der Waals surface area contributed by atoms with Crippen molar-refractivity contribution < 1.29 is 9.53 Å². The van der Waals surface area contributed by atoms with Crippen LogP contribution in [0.15, 0.2) is 42.6 Å². The van der Waals surface area contributed by atoms with Gasteiger partial charge in [0.2, 0.25) is 0 Å². The topological polar surface area (TPSA) is 64.1 Å². The first-order valence-corrected chi connectivity index (χ1v) is 8.24. The SMILES string of the molecule is COC(=O)c1sc(-c2cccc(Nc3cc(C)ccn3)n2)cc1C. The van der Waals surface area contributed by atoms with Gasteiger partial charge in [0.05, 0.1) is 17.7 Å². The van der Waals surface area contributed by atoms with E-state index in [4.69, 9.17) is 4.74 Å². The molecule has 3 heterocycles. The first kappa shape index (κ1) is 16.1. The number of aromatic nitrogens is 2. The zero-order valence-corrected chi connectivity index (χ0v) is 14.5. The molecule has 0 fully saturated rings. The van der Waals surface area contributed by atoms with Crippen LogP contribution in [0, 0.1) is 13.8 Å². The molecule has 0 atom stereocenters. The molecule has 0 spiro atoms. The summed E-state index contributed by atoms with van der Waals surface area (Å²) in [6, 6.07) is 11.6. The summed E-state index contributed by atoms with van der Waals surface area (Å²) in [5.41, 5.74) is 2.82. The Hall–Kier alpha value is -2.73. The third-order valence-electron chi connectivity index (χ3n) is 3.46. The van der Waals surface area contributed by atoms with Crippen LogP contribution in [-0.4, -0.2) is 23.0 Å². The predicted octanol–water partition coefficient (Wildman–Crippen LogP) is 4.35. The third-order valence-corrected chi connectivity index (χ3v) is 4.70. The number of hydrogen-bond donors (Lipinski definition) is 1. The van der Waals surface area contributed by atoms with Gasteiger partial charge in [0.1, 0.15) is 16.5 Å². The lowest BCUT2D eigenvalue weighted by molar-refractivity contribution is 0.0605. The number of aryl methyl sites for hydroxylation is 2. The summed E-state index contributed by atoms with van der Waals surface area (Å²) in [5, 5.41) is 3.20. The van der Waals surface area contributed by atoms with Gasteiger partial charge >= 0.3 is 5.97 Å². The Morgan fingerprint density at radius 2 is 2.00 bits per heavy atom. The minimum atomic E-state index is -0.318. The second-order valence-electron chi connectivity index (χ2n) is 5.37. The molecule has 6 heteroatoms. The van der Waals surface area contributed by atoms with Crippen molar-refractivity contribution in [1.29, 1.82) is 0 Å². The molecule has 0 aliphatic carbocycles. The number of rotatable bonds is 4. The number of nitrogens with zero attached hydrogens (tertiary/aromatic N) is 2. The van der Waals surface area contributed by atoms with Crippen LogP contribution in [0.1, 0.15) is 20.8 Å². The van der Waals surface area contributed by atoms with E-state index in [1.807, 2.05) is 50.2 Å². The first-order valence-electron chi connectivity index (χ1n) is 7.42. The molecule has 0 bridgehead atoms. The van der Waals surface area contributed by atoms with E-state index in [0.29, 0.717) is 10.7 Å². The second kappa shape index (κ2) is 6.80. The zero-order valence-electron chi connectivity index (χ0n) is 13.7. The van der Waals surface area contributed by atoms with Crippen LogP contribution in [-0.2, 0) is 4.74 Å². The molecule has 0 aromatic carbocycles. The molecule has 1 N–H and O–H groups in total. The van der Waals surface area contributed by atoms with Crippen LogP contribution in [0.2, 0.25) is 0 Å². The highest BCUT2D eigenvalue weighted by Crippen LogP contribution is 2.31. The van der Waals surface area contributed by atoms with E-state index in [2.05, 4.69) is 15.3 Å². The zero-order chi connectivity index (χ0) is 17.1. The van der Waals surface area contributed by atoms with Crippen LogP contribution in [0.3, 0.4) is 0 Å². The third kappa shape index (κ3) is 3.44. The van der Waals surface area contributed by atoms with Crippen LogP contribution in [0.25, 0.3) is 10.6 Å². The summed E-state index contributed by atoms with van der Waals surface area (Å²) in [4.78, 5) is 22.2. The number of pyridine rings is 2. The average molecular weight is 339 g/mol. The van der Waals surface area contributed by atoms with E-state index in [0.717, 1.165) is 27.5 Å². The largest absolute Gasteiger partial charge is 0.465 e. The highest BCUT2D eigenvalue weighted by atomic mass is 32.1. The number of thiophene rings is 1. The number of nitrogens with one attached hydrogen (secondary N) is 1. The summed E-state index contributed by atoms with van der Waals surface area (Å²) < 4.78 is 4.81. The Bertz CT molecular complexity index is 889.